The molecule has 1 aliphatic carbocycles. The number of halogens is 2. The minimum atomic E-state index is -1.07. The summed E-state index contributed by atoms with van der Waals surface area (Å²) in [5.74, 6) is -2.75. The van der Waals surface area contributed by atoms with Gasteiger partial charge in [-0.1, -0.05) is 12.1 Å². The molecule has 170 valence electrons. The van der Waals surface area contributed by atoms with Gasteiger partial charge in [-0.2, -0.15) is 0 Å². The predicted molar refractivity (Wildman–Crippen MR) is 121 cm³/mol. The first-order chi connectivity index (χ1) is 16.0. The summed E-state index contributed by atoms with van der Waals surface area (Å²) in [7, 11) is 0. The molecule has 1 fully saturated rings. The standard InChI is InChI=1S/C25H23F2N3O3/c26-20-8-6-16(15-21(20)27)28-24(31)19-4-2-10-30(25(19)32)23-9-7-18-17(23)3-1-5-22(18)29-11-13-33-14-12-29/h1-6,8,10,15,23H,7,9,11-14H2,(H,28,31). The van der Waals surface area contributed by atoms with E-state index in [1.165, 1.54) is 23.4 Å². The van der Waals surface area contributed by atoms with Crippen molar-refractivity contribution in [1.82, 2.24) is 4.57 Å². The highest BCUT2D eigenvalue weighted by Crippen LogP contribution is 2.39. The van der Waals surface area contributed by atoms with E-state index in [2.05, 4.69) is 16.3 Å². The minimum absolute atomic E-state index is 0.0555. The number of rotatable bonds is 4. The summed E-state index contributed by atoms with van der Waals surface area (Å²) in [6.07, 6.45) is 3.29. The quantitative estimate of drug-likeness (QED) is 0.656. The van der Waals surface area contributed by atoms with Gasteiger partial charge in [0.15, 0.2) is 11.6 Å². The lowest BCUT2D eigenvalue weighted by Crippen LogP contribution is -2.36. The van der Waals surface area contributed by atoms with E-state index < -0.39 is 23.1 Å². The van der Waals surface area contributed by atoms with Crippen LogP contribution in [0.5, 0.6) is 0 Å². The monoisotopic (exact) mass is 451 g/mol. The van der Waals surface area contributed by atoms with Crippen LogP contribution in [0.15, 0.2) is 59.5 Å². The van der Waals surface area contributed by atoms with E-state index in [0.717, 1.165) is 43.6 Å². The van der Waals surface area contributed by atoms with Crippen LogP contribution in [0.4, 0.5) is 20.2 Å². The Kier molecular flexibility index (Phi) is 5.68. The molecule has 1 saturated heterocycles. The van der Waals surface area contributed by atoms with E-state index in [1.54, 1.807) is 16.8 Å². The Hall–Kier alpha value is -3.52. The van der Waals surface area contributed by atoms with Gasteiger partial charge in [0.2, 0.25) is 0 Å². The largest absolute Gasteiger partial charge is 0.378 e. The molecule has 2 heterocycles. The SMILES string of the molecule is O=C(Nc1ccc(F)c(F)c1)c1cccn(C2CCc3c2cccc3N2CCOCC2)c1=O. The maximum Gasteiger partial charge on any atom is 0.263 e. The van der Waals surface area contributed by atoms with Gasteiger partial charge >= 0.3 is 0 Å². The zero-order valence-electron chi connectivity index (χ0n) is 17.9. The molecule has 5 rings (SSSR count). The van der Waals surface area contributed by atoms with E-state index in [0.29, 0.717) is 13.2 Å². The first-order valence-electron chi connectivity index (χ1n) is 10.9. The van der Waals surface area contributed by atoms with Crippen LogP contribution in [0, 0.1) is 11.6 Å². The average Bonchev–Trinajstić information content (AvgIpc) is 3.26. The van der Waals surface area contributed by atoms with Crippen LogP contribution in [0.3, 0.4) is 0 Å². The summed E-state index contributed by atoms with van der Waals surface area (Å²) in [5, 5.41) is 2.48. The fourth-order valence-electron chi connectivity index (χ4n) is 4.70. The molecular weight excluding hydrogens is 428 g/mol. The number of anilines is 2. The Labute approximate surface area is 189 Å². The number of fused-ring (bicyclic) bond motifs is 1. The van der Waals surface area contributed by atoms with Gasteiger partial charge in [0.05, 0.1) is 19.3 Å². The van der Waals surface area contributed by atoms with Gasteiger partial charge in [0, 0.05) is 36.7 Å². The summed E-state index contributed by atoms with van der Waals surface area (Å²) in [6.45, 7) is 3.06. The second-order valence-corrected chi connectivity index (χ2v) is 8.22. The third kappa shape index (κ3) is 4.02. The minimum Gasteiger partial charge on any atom is -0.378 e. The Morgan fingerprint density at radius 3 is 2.64 bits per heavy atom. The predicted octanol–water partition coefficient (Wildman–Crippen LogP) is 3.75. The molecular formula is C25H23F2N3O3. The molecule has 1 amide bonds. The fraction of sp³-hybridized carbons (Fsp3) is 0.280. The summed E-state index contributed by atoms with van der Waals surface area (Å²) in [6, 6.07) is 12.1. The van der Waals surface area contributed by atoms with Crippen LogP contribution >= 0.6 is 0 Å². The summed E-state index contributed by atoms with van der Waals surface area (Å²) in [4.78, 5) is 28.3. The lowest BCUT2D eigenvalue weighted by Gasteiger charge is -2.30. The van der Waals surface area contributed by atoms with E-state index in [4.69, 9.17) is 4.74 Å². The normalized spacial score (nSPS) is 17.6. The molecule has 1 aromatic heterocycles. The van der Waals surface area contributed by atoms with Gasteiger partial charge < -0.3 is 19.5 Å². The van der Waals surface area contributed by atoms with Crippen LogP contribution in [-0.2, 0) is 11.2 Å². The number of nitrogens with zero attached hydrogens (tertiary/aromatic N) is 2. The number of hydrogen-bond acceptors (Lipinski definition) is 4. The number of benzene rings is 2. The third-order valence-electron chi connectivity index (χ3n) is 6.30. The highest BCUT2D eigenvalue weighted by atomic mass is 19.2. The smallest absolute Gasteiger partial charge is 0.263 e. The lowest BCUT2D eigenvalue weighted by atomic mass is 10.0. The molecule has 6 nitrogen and oxygen atoms in total. The maximum absolute atomic E-state index is 13.5. The van der Waals surface area contributed by atoms with E-state index in [-0.39, 0.29) is 17.3 Å². The highest BCUT2D eigenvalue weighted by molar-refractivity contribution is 6.04. The van der Waals surface area contributed by atoms with Crippen molar-refractivity contribution in [2.24, 2.45) is 0 Å². The molecule has 0 saturated carbocycles. The van der Waals surface area contributed by atoms with Crippen molar-refractivity contribution in [2.75, 3.05) is 36.5 Å². The first-order valence-corrected chi connectivity index (χ1v) is 10.9. The number of pyridine rings is 1. The van der Waals surface area contributed by atoms with Crippen molar-refractivity contribution in [3.8, 4) is 0 Å². The molecule has 1 aliphatic heterocycles. The van der Waals surface area contributed by atoms with Crippen molar-refractivity contribution in [3.63, 3.8) is 0 Å². The molecule has 33 heavy (non-hydrogen) atoms. The average molecular weight is 451 g/mol. The van der Waals surface area contributed by atoms with Gasteiger partial charge in [-0.3, -0.25) is 9.59 Å². The number of carbonyl (C=O) groups is 1. The molecule has 0 bridgehead atoms. The Bertz CT molecular complexity index is 1270. The molecule has 1 unspecified atom stereocenters. The second kappa shape index (κ2) is 8.78. The molecule has 0 spiro atoms. The third-order valence-corrected chi connectivity index (χ3v) is 6.30. The number of ether oxygens (including phenoxy) is 1. The van der Waals surface area contributed by atoms with Crippen molar-refractivity contribution in [1.29, 1.82) is 0 Å². The van der Waals surface area contributed by atoms with Crippen molar-refractivity contribution in [3.05, 3.63) is 93.4 Å². The van der Waals surface area contributed by atoms with E-state index in [1.807, 2.05) is 12.1 Å². The van der Waals surface area contributed by atoms with Crippen LogP contribution in [0.2, 0.25) is 0 Å². The maximum atomic E-state index is 13.5. The topological polar surface area (TPSA) is 63.6 Å². The van der Waals surface area contributed by atoms with Crippen LogP contribution in [0.1, 0.15) is 33.9 Å². The van der Waals surface area contributed by atoms with Gasteiger partial charge in [-0.25, -0.2) is 8.78 Å². The van der Waals surface area contributed by atoms with E-state index in [9.17, 15) is 18.4 Å². The number of carbonyl (C=O) groups excluding carboxylic acids is 1. The zero-order chi connectivity index (χ0) is 22.9. The van der Waals surface area contributed by atoms with Gasteiger partial charge in [0.1, 0.15) is 5.56 Å². The van der Waals surface area contributed by atoms with Gasteiger partial charge in [0.25, 0.3) is 11.5 Å². The number of morpholine rings is 1. The van der Waals surface area contributed by atoms with Crippen LogP contribution in [0.25, 0.3) is 0 Å². The number of amides is 1. The molecule has 2 aliphatic rings. The van der Waals surface area contributed by atoms with Crippen molar-refractivity contribution in [2.45, 2.75) is 18.9 Å². The Morgan fingerprint density at radius 2 is 1.85 bits per heavy atom. The molecule has 1 N–H and O–H groups in total. The lowest BCUT2D eigenvalue weighted by molar-refractivity contribution is 0.102. The molecule has 8 heteroatoms. The second-order valence-electron chi connectivity index (χ2n) is 8.22. The zero-order valence-corrected chi connectivity index (χ0v) is 17.9. The number of nitrogens with one attached hydrogen (secondary N) is 1. The first kappa shape index (κ1) is 21.3. The summed E-state index contributed by atoms with van der Waals surface area (Å²) in [5.41, 5.74) is 3.09. The molecule has 0 radical (unpaired) electrons. The summed E-state index contributed by atoms with van der Waals surface area (Å²) >= 11 is 0. The van der Waals surface area contributed by atoms with Crippen LogP contribution < -0.4 is 15.8 Å². The fourth-order valence-corrected chi connectivity index (χ4v) is 4.70. The Balaban J connectivity index is 1.44. The van der Waals surface area contributed by atoms with Gasteiger partial charge in [-0.15, -0.1) is 0 Å². The Morgan fingerprint density at radius 1 is 1.03 bits per heavy atom. The van der Waals surface area contributed by atoms with Gasteiger partial charge in [-0.05, 0) is 54.3 Å². The van der Waals surface area contributed by atoms with Crippen molar-refractivity contribution >= 4 is 17.3 Å². The number of hydrogen-bond donors (Lipinski definition) is 1. The molecule has 2 aromatic carbocycles. The molecule has 1 atom stereocenters. The molecule has 3 aromatic rings. The number of aromatic nitrogens is 1. The summed E-state index contributed by atoms with van der Waals surface area (Å²) < 4.78 is 33.7. The van der Waals surface area contributed by atoms with E-state index >= 15 is 0 Å². The van der Waals surface area contributed by atoms with Crippen molar-refractivity contribution < 1.29 is 18.3 Å². The highest BCUT2D eigenvalue weighted by Gasteiger charge is 2.29. The van der Waals surface area contributed by atoms with Crippen LogP contribution in [-0.4, -0.2) is 36.8 Å².